The maximum Gasteiger partial charge on any atom is 0.254 e. The first-order valence-electron chi connectivity index (χ1n) is 10.2. The number of rotatable bonds is 6. The number of nitrogens with zero attached hydrogens (tertiary/aromatic N) is 1. The van der Waals surface area contributed by atoms with Crippen LogP contribution in [-0.2, 0) is 21.3 Å². The van der Waals surface area contributed by atoms with Crippen LogP contribution in [0.5, 0.6) is 0 Å². The van der Waals surface area contributed by atoms with Crippen LogP contribution >= 0.6 is 0 Å². The third-order valence-corrected chi connectivity index (χ3v) is 6.73. The molecule has 0 aliphatic carbocycles. The first kappa shape index (κ1) is 22.1. The molecule has 1 aliphatic heterocycles. The van der Waals surface area contributed by atoms with Gasteiger partial charge in [-0.25, -0.2) is 17.5 Å². The van der Waals surface area contributed by atoms with Gasteiger partial charge in [-0.2, -0.15) is 0 Å². The molecule has 1 saturated heterocycles. The van der Waals surface area contributed by atoms with Gasteiger partial charge in [0.05, 0.1) is 18.0 Å². The molecule has 1 atom stereocenters. The fourth-order valence-corrected chi connectivity index (χ4v) is 4.54. The van der Waals surface area contributed by atoms with Gasteiger partial charge in [-0.15, -0.1) is 0 Å². The maximum absolute atomic E-state index is 13.0. The average Bonchev–Trinajstić information content (AvgIpc) is 2.84. The molecule has 1 aliphatic rings. The lowest BCUT2D eigenvalue weighted by Gasteiger charge is -2.33. The van der Waals surface area contributed by atoms with Gasteiger partial charge in [-0.3, -0.25) is 4.79 Å². The minimum absolute atomic E-state index is 0.00835. The van der Waals surface area contributed by atoms with Crippen LogP contribution in [0.4, 0.5) is 4.39 Å². The van der Waals surface area contributed by atoms with Gasteiger partial charge >= 0.3 is 0 Å². The summed E-state index contributed by atoms with van der Waals surface area (Å²) in [4.78, 5) is 14.7. The molecule has 6 nitrogen and oxygen atoms in total. The number of hydrogen-bond acceptors (Lipinski definition) is 4. The Labute approximate surface area is 186 Å². The number of benzene rings is 3. The van der Waals surface area contributed by atoms with E-state index in [9.17, 15) is 17.6 Å². The number of nitrogens with one attached hydrogen (secondary N) is 1. The lowest BCUT2D eigenvalue weighted by Crippen LogP contribution is -2.42. The van der Waals surface area contributed by atoms with E-state index in [-0.39, 0.29) is 23.5 Å². The summed E-state index contributed by atoms with van der Waals surface area (Å²) in [5.74, 6) is -0.591. The summed E-state index contributed by atoms with van der Waals surface area (Å²) < 4.78 is 46.0. The average molecular weight is 455 g/mol. The Bertz CT molecular complexity index is 1170. The van der Waals surface area contributed by atoms with Crippen LogP contribution in [0.25, 0.3) is 0 Å². The first-order valence-corrected chi connectivity index (χ1v) is 11.7. The Morgan fingerprint density at radius 1 is 1.00 bits per heavy atom. The van der Waals surface area contributed by atoms with Crippen LogP contribution in [0, 0.1) is 5.82 Å². The van der Waals surface area contributed by atoms with Gasteiger partial charge < -0.3 is 9.64 Å². The summed E-state index contributed by atoms with van der Waals surface area (Å²) in [6, 6.07) is 21.3. The number of morpholine rings is 1. The number of hydrogen-bond donors (Lipinski definition) is 1. The number of amides is 1. The normalized spacial score (nSPS) is 16.7. The smallest absolute Gasteiger partial charge is 0.254 e. The number of halogens is 1. The Morgan fingerprint density at radius 3 is 2.38 bits per heavy atom. The Kier molecular flexibility index (Phi) is 6.64. The molecule has 1 N–H and O–H groups in total. The minimum atomic E-state index is -3.76. The van der Waals surface area contributed by atoms with Gasteiger partial charge in [-0.05, 0) is 47.5 Å². The van der Waals surface area contributed by atoms with E-state index in [4.69, 9.17) is 4.74 Å². The van der Waals surface area contributed by atoms with Crippen LogP contribution in [0.2, 0.25) is 0 Å². The number of carbonyl (C=O) groups is 1. The van der Waals surface area contributed by atoms with Crippen molar-refractivity contribution >= 4 is 15.9 Å². The van der Waals surface area contributed by atoms with Crippen molar-refractivity contribution in [3.05, 3.63) is 101 Å². The van der Waals surface area contributed by atoms with Crippen LogP contribution < -0.4 is 4.72 Å². The molecule has 0 unspecified atom stereocenters. The second kappa shape index (κ2) is 9.60. The van der Waals surface area contributed by atoms with Gasteiger partial charge in [0.1, 0.15) is 11.9 Å². The number of ether oxygens (including phenoxy) is 1. The van der Waals surface area contributed by atoms with Gasteiger partial charge in [0, 0.05) is 18.7 Å². The van der Waals surface area contributed by atoms with Crippen LogP contribution in [0.1, 0.15) is 27.6 Å². The monoisotopic (exact) mass is 454 g/mol. The summed E-state index contributed by atoms with van der Waals surface area (Å²) >= 11 is 0. The third kappa shape index (κ3) is 5.21. The number of carbonyl (C=O) groups excluding carboxylic acids is 1. The zero-order valence-electron chi connectivity index (χ0n) is 17.3. The molecule has 4 rings (SSSR count). The summed E-state index contributed by atoms with van der Waals surface area (Å²) in [6.45, 7) is 1.51. The lowest BCUT2D eigenvalue weighted by molar-refractivity contribution is -0.0228. The summed E-state index contributed by atoms with van der Waals surface area (Å²) in [6.07, 6.45) is -0.158. The van der Waals surface area contributed by atoms with Crippen LogP contribution in [0.3, 0.4) is 0 Å². The van der Waals surface area contributed by atoms with Crippen molar-refractivity contribution in [1.29, 1.82) is 0 Å². The molecule has 8 heteroatoms. The van der Waals surface area contributed by atoms with Crippen LogP contribution in [-0.4, -0.2) is 38.9 Å². The van der Waals surface area contributed by atoms with E-state index in [1.54, 1.807) is 29.2 Å². The van der Waals surface area contributed by atoms with E-state index < -0.39 is 15.8 Å². The molecule has 0 spiro atoms. The molecule has 3 aromatic carbocycles. The highest BCUT2D eigenvalue weighted by molar-refractivity contribution is 7.89. The molecule has 1 heterocycles. The van der Waals surface area contributed by atoms with E-state index in [0.717, 1.165) is 17.7 Å². The van der Waals surface area contributed by atoms with Crippen molar-refractivity contribution in [3.8, 4) is 0 Å². The molecule has 166 valence electrons. The van der Waals surface area contributed by atoms with Gasteiger partial charge in [0.25, 0.3) is 5.91 Å². The van der Waals surface area contributed by atoms with E-state index in [0.29, 0.717) is 30.8 Å². The molecular weight excluding hydrogens is 431 g/mol. The molecule has 1 fully saturated rings. The molecule has 1 amide bonds. The Hall–Kier alpha value is -3.07. The minimum Gasteiger partial charge on any atom is -0.370 e. The lowest BCUT2D eigenvalue weighted by atomic mass is 10.1. The van der Waals surface area contributed by atoms with Crippen molar-refractivity contribution in [2.24, 2.45) is 0 Å². The van der Waals surface area contributed by atoms with Crippen molar-refractivity contribution in [3.63, 3.8) is 0 Å². The molecular formula is C24H23FN2O4S. The fraction of sp³-hybridized carbons (Fsp3) is 0.208. The molecule has 0 saturated carbocycles. The van der Waals surface area contributed by atoms with E-state index in [1.165, 1.54) is 12.1 Å². The summed E-state index contributed by atoms with van der Waals surface area (Å²) in [5, 5.41) is 0. The Balaban J connectivity index is 1.37. The molecule has 32 heavy (non-hydrogen) atoms. The van der Waals surface area contributed by atoms with Gasteiger partial charge in [0.15, 0.2) is 0 Å². The summed E-state index contributed by atoms with van der Waals surface area (Å²) in [7, 11) is -3.76. The molecule has 3 aromatic rings. The maximum atomic E-state index is 13.0. The first-order chi connectivity index (χ1) is 15.4. The number of sulfonamides is 1. The van der Waals surface area contributed by atoms with E-state index >= 15 is 0 Å². The molecule has 0 aromatic heterocycles. The zero-order valence-corrected chi connectivity index (χ0v) is 18.1. The Morgan fingerprint density at radius 2 is 1.69 bits per heavy atom. The largest absolute Gasteiger partial charge is 0.370 e. The predicted octanol–water partition coefficient (Wildman–Crippen LogP) is 3.52. The highest BCUT2D eigenvalue weighted by Gasteiger charge is 2.26. The standard InChI is InChI=1S/C24H23FN2O4S/c25-21-10-12-22(13-11-21)32(29,30)26-16-18-6-8-20(9-7-18)24(28)27-14-15-31-23(17-27)19-4-2-1-3-5-19/h1-13,23,26H,14-17H2/t23-/m0/s1. The second-order valence-electron chi connectivity index (χ2n) is 7.50. The van der Waals surface area contributed by atoms with Crippen molar-refractivity contribution in [1.82, 2.24) is 9.62 Å². The van der Waals surface area contributed by atoms with Gasteiger partial charge in [0.2, 0.25) is 10.0 Å². The highest BCUT2D eigenvalue weighted by Crippen LogP contribution is 2.23. The molecule has 0 bridgehead atoms. The van der Waals surface area contributed by atoms with E-state index in [2.05, 4.69) is 4.72 Å². The SMILES string of the molecule is O=C(c1ccc(CNS(=O)(=O)c2ccc(F)cc2)cc1)N1CCO[C@H](c2ccccc2)C1. The third-order valence-electron chi connectivity index (χ3n) is 5.32. The van der Waals surface area contributed by atoms with Crippen molar-refractivity contribution in [2.75, 3.05) is 19.7 Å². The highest BCUT2D eigenvalue weighted by atomic mass is 32.2. The predicted molar refractivity (Wildman–Crippen MR) is 118 cm³/mol. The zero-order chi connectivity index (χ0) is 22.6. The van der Waals surface area contributed by atoms with Crippen LogP contribution in [0.15, 0.2) is 83.8 Å². The van der Waals surface area contributed by atoms with E-state index in [1.807, 2.05) is 30.3 Å². The topological polar surface area (TPSA) is 75.7 Å². The quantitative estimate of drug-likeness (QED) is 0.619. The van der Waals surface area contributed by atoms with Gasteiger partial charge in [-0.1, -0.05) is 42.5 Å². The summed E-state index contributed by atoms with van der Waals surface area (Å²) in [5.41, 5.74) is 2.27. The molecule has 0 radical (unpaired) electrons. The van der Waals surface area contributed by atoms with Crippen molar-refractivity contribution < 1.29 is 22.3 Å². The fourth-order valence-electron chi connectivity index (χ4n) is 3.53. The second-order valence-corrected chi connectivity index (χ2v) is 9.26. The van der Waals surface area contributed by atoms with Crippen molar-refractivity contribution in [2.45, 2.75) is 17.5 Å².